The molecule has 0 aliphatic carbocycles. The number of hydrogen-bond acceptors (Lipinski definition) is 4. The summed E-state index contributed by atoms with van der Waals surface area (Å²) in [5.74, 6) is -0.464. The number of benzene rings is 2. The molecule has 1 amide bonds. The zero-order valence-corrected chi connectivity index (χ0v) is 17.7. The van der Waals surface area contributed by atoms with Gasteiger partial charge < -0.3 is 5.32 Å². The minimum atomic E-state index is -3.74. The molecule has 1 unspecified atom stereocenters. The number of fused-ring (bicyclic) bond motifs is 1. The van der Waals surface area contributed by atoms with Gasteiger partial charge in [-0.05, 0) is 37.5 Å². The largest absolute Gasteiger partial charge is 0.352 e. The maximum Gasteiger partial charge on any atom is 0.245 e. The van der Waals surface area contributed by atoms with Crippen molar-refractivity contribution < 1.29 is 13.2 Å². The molecule has 7 heteroatoms. The summed E-state index contributed by atoms with van der Waals surface area (Å²) in [6, 6.07) is 16.8. The lowest BCUT2D eigenvalue weighted by atomic mass is 9.98. The number of sulfonamides is 1. The Bertz CT molecular complexity index is 1150. The van der Waals surface area contributed by atoms with Gasteiger partial charge in [-0.3, -0.25) is 9.78 Å². The summed E-state index contributed by atoms with van der Waals surface area (Å²) < 4.78 is 28.1. The maximum atomic E-state index is 13.3. The van der Waals surface area contributed by atoms with Gasteiger partial charge in [0.15, 0.2) is 0 Å². The van der Waals surface area contributed by atoms with Gasteiger partial charge in [-0.2, -0.15) is 4.31 Å². The van der Waals surface area contributed by atoms with E-state index in [1.807, 2.05) is 43.3 Å². The van der Waals surface area contributed by atoms with E-state index >= 15 is 0 Å². The molecule has 1 aromatic heterocycles. The Balaban J connectivity index is 1.48. The van der Waals surface area contributed by atoms with Crippen molar-refractivity contribution in [1.82, 2.24) is 14.6 Å². The van der Waals surface area contributed by atoms with Gasteiger partial charge in [0.2, 0.25) is 15.9 Å². The highest BCUT2D eigenvalue weighted by atomic mass is 32.2. The smallest absolute Gasteiger partial charge is 0.245 e. The van der Waals surface area contributed by atoms with E-state index in [0.717, 1.165) is 10.9 Å². The second-order valence-corrected chi connectivity index (χ2v) is 9.64. The van der Waals surface area contributed by atoms with E-state index < -0.39 is 10.0 Å². The SMILES string of the molecule is Cc1ccc(CNC(=O)C2CCCN(S(=O)(=O)c3cccc4cccnc34)C2)cc1. The van der Waals surface area contributed by atoms with Crippen LogP contribution in [0.2, 0.25) is 0 Å². The van der Waals surface area contributed by atoms with E-state index in [1.54, 1.807) is 24.4 Å². The van der Waals surface area contributed by atoms with Crippen LogP contribution >= 0.6 is 0 Å². The Kier molecular flexibility index (Phi) is 5.83. The molecular weight excluding hydrogens is 398 g/mol. The number of rotatable bonds is 5. The van der Waals surface area contributed by atoms with Crippen molar-refractivity contribution in [2.24, 2.45) is 5.92 Å². The normalized spacial score (nSPS) is 17.7. The Morgan fingerprint density at radius 3 is 2.70 bits per heavy atom. The molecule has 0 radical (unpaired) electrons. The summed E-state index contributed by atoms with van der Waals surface area (Å²) in [5.41, 5.74) is 2.66. The molecule has 1 fully saturated rings. The lowest BCUT2D eigenvalue weighted by Crippen LogP contribution is -2.45. The number of pyridine rings is 1. The van der Waals surface area contributed by atoms with Crippen LogP contribution in [0.3, 0.4) is 0 Å². The van der Waals surface area contributed by atoms with Gasteiger partial charge in [-0.25, -0.2) is 8.42 Å². The quantitative estimate of drug-likeness (QED) is 0.683. The van der Waals surface area contributed by atoms with E-state index in [0.29, 0.717) is 31.4 Å². The van der Waals surface area contributed by atoms with Gasteiger partial charge in [0.1, 0.15) is 4.90 Å². The summed E-state index contributed by atoms with van der Waals surface area (Å²) in [5, 5.41) is 3.74. The van der Waals surface area contributed by atoms with Crippen LogP contribution in [0, 0.1) is 12.8 Å². The van der Waals surface area contributed by atoms with Crippen molar-refractivity contribution in [2.75, 3.05) is 13.1 Å². The molecule has 1 atom stereocenters. The second kappa shape index (κ2) is 8.53. The molecule has 1 aliphatic heterocycles. The standard InChI is InChI=1S/C23H25N3O3S/c1-17-9-11-18(12-10-17)15-25-23(27)20-7-4-14-26(16-20)30(28,29)21-8-2-5-19-6-3-13-24-22(19)21/h2-3,5-6,8-13,20H,4,7,14-16H2,1H3,(H,25,27). The van der Waals surface area contributed by atoms with Crippen LogP contribution in [-0.2, 0) is 21.4 Å². The summed E-state index contributed by atoms with van der Waals surface area (Å²) in [7, 11) is -3.74. The number of amides is 1. The fraction of sp³-hybridized carbons (Fsp3) is 0.304. The van der Waals surface area contributed by atoms with Crippen LogP contribution in [0.5, 0.6) is 0 Å². The van der Waals surface area contributed by atoms with Crippen LogP contribution in [0.15, 0.2) is 65.7 Å². The molecule has 0 saturated carbocycles. The fourth-order valence-electron chi connectivity index (χ4n) is 3.84. The van der Waals surface area contributed by atoms with Gasteiger partial charge in [0, 0.05) is 31.2 Å². The van der Waals surface area contributed by atoms with Gasteiger partial charge in [0.25, 0.3) is 0 Å². The van der Waals surface area contributed by atoms with Crippen molar-refractivity contribution in [3.8, 4) is 0 Å². The highest BCUT2D eigenvalue weighted by Gasteiger charge is 2.34. The topological polar surface area (TPSA) is 79.4 Å². The Morgan fingerprint density at radius 1 is 1.13 bits per heavy atom. The molecule has 4 rings (SSSR count). The number of nitrogens with one attached hydrogen (secondary N) is 1. The first-order valence-electron chi connectivity index (χ1n) is 10.1. The number of carbonyl (C=O) groups is 1. The molecule has 0 bridgehead atoms. The first-order valence-corrected chi connectivity index (χ1v) is 11.6. The monoisotopic (exact) mass is 423 g/mol. The van der Waals surface area contributed by atoms with E-state index in [-0.39, 0.29) is 23.3 Å². The minimum absolute atomic E-state index is 0.105. The third-order valence-electron chi connectivity index (χ3n) is 5.56. The van der Waals surface area contributed by atoms with Crippen molar-refractivity contribution in [3.63, 3.8) is 0 Å². The second-order valence-electron chi connectivity index (χ2n) is 7.74. The minimum Gasteiger partial charge on any atom is -0.352 e. The number of nitrogens with zero attached hydrogens (tertiary/aromatic N) is 2. The summed E-state index contributed by atoms with van der Waals surface area (Å²) >= 11 is 0. The predicted molar refractivity (Wildman–Crippen MR) is 116 cm³/mol. The van der Waals surface area contributed by atoms with Gasteiger partial charge in [-0.1, -0.05) is 48.0 Å². The molecule has 30 heavy (non-hydrogen) atoms. The summed E-state index contributed by atoms with van der Waals surface area (Å²) in [4.78, 5) is 17.2. The third-order valence-corrected chi connectivity index (χ3v) is 7.45. The molecule has 1 N–H and O–H groups in total. The Hall–Kier alpha value is -2.77. The van der Waals surface area contributed by atoms with Gasteiger partial charge in [-0.15, -0.1) is 0 Å². The summed E-state index contributed by atoms with van der Waals surface area (Å²) in [6.07, 6.45) is 2.93. The Morgan fingerprint density at radius 2 is 1.90 bits per heavy atom. The van der Waals surface area contributed by atoms with Crippen molar-refractivity contribution >= 4 is 26.8 Å². The molecule has 0 spiro atoms. The van der Waals surface area contributed by atoms with Gasteiger partial charge >= 0.3 is 0 Å². The molecular formula is C23H25N3O3S. The molecule has 1 saturated heterocycles. The first-order chi connectivity index (χ1) is 14.4. The number of para-hydroxylation sites is 1. The van der Waals surface area contributed by atoms with E-state index in [1.165, 1.54) is 9.87 Å². The maximum absolute atomic E-state index is 13.3. The number of aryl methyl sites for hydroxylation is 1. The number of aromatic nitrogens is 1. The van der Waals surface area contributed by atoms with Crippen LogP contribution in [0.25, 0.3) is 10.9 Å². The number of piperidine rings is 1. The third kappa shape index (κ3) is 4.22. The van der Waals surface area contributed by atoms with Crippen molar-refractivity contribution in [3.05, 3.63) is 71.9 Å². The van der Waals surface area contributed by atoms with Crippen molar-refractivity contribution in [1.29, 1.82) is 0 Å². The fourth-order valence-corrected chi connectivity index (χ4v) is 5.53. The van der Waals surface area contributed by atoms with Gasteiger partial charge in [0.05, 0.1) is 11.4 Å². The zero-order valence-electron chi connectivity index (χ0n) is 16.9. The van der Waals surface area contributed by atoms with Crippen LogP contribution in [0.4, 0.5) is 0 Å². The molecule has 2 aromatic carbocycles. The average Bonchev–Trinajstić information content (AvgIpc) is 2.78. The molecule has 2 heterocycles. The van der Waals surface area contributed by atoms with E-state index in [2.05, 4.69) is 10.3 Å². The van der Waals surface area contributed by atoms with Crippen LogP contribution < -0.4 is 5.32 Å². The predicted octanol–water partition coefficient (Wildman–Crippen LogP) is 3.26. The zero-order chi connectivity index (χ0) is 21.1. The van der Waals surface area contributed by atoms with E-state index in [4.69, 9.17) is 0 Å². The van der Waals surface area contributed by atoms with Crippen LogP contribution in [0.1, 0.15) is 24.0 Å². The number of carbonyl (C=O) groups excluding carboxylic acids is 1. The Labute approximate surface area is 177 Å². The highest BCUT2D eigenvalue weighted by molar-refractivity contribution is 7.89. The lowest BCUT2D eigenvalue weighted by molar-refractivity contribution is -0.126. The molecule has 6 nitrogen and oxygen atoms in total. The molecule has 3 aromatic rings. The molecule has 1 aliphatic rings. The first kappa shape index (κ1) is 20.5. The van der Waals surface area contributed by atoms with E-state index in [9.17, 15) is 13.2 Å². The summed E-state index contributed by atoms with van der Waals surface area (Å²) in [6.45, 7) is 3.05. The lowest BCUT2D eigenvalue weighted by Gasteiger charge is -2.31. The average molecular weight is 424 g/mol. The molecule has 156 valence electrons. The number of hydrogen-bond donors (Lipinski definition) is 1. The highest BCUT2D eigenvalue weighted by Crippen LogP contribution is 2.28. The van der Waals surface area contributed by atoms with Crippen molar-refractivity contribution in [2.45, 2.75) is 31.2 Å². The van der Waals surface area contributed by atoms with Crippen LogP contribution in [-0.4, -0.2) is 36.7 Å².